The molecule has 9 heteroatoms. The van der Waals surface area contributed by atoms with Crippen molar-refractivity contribution >= 4 is 22.1 Å². The van der Waals surface area contributed by atoms with Gasteiger partial charge in [-0.3, -0.25) is 4.79 Å². The molecule has 0 heterocycles. The zero-order valence-corrected chi connectivity index (χ0v) is 17.3. The molecule has 0 aliphatic rings. The Hall–Kier alpha value is -2.91. The molecule has 2 aromatic rings. The Morgan fingerprint density at radius 3 is 2.31 bits per heavy atom. The van der Waals surface area contributed by atoms with Crippen molar-refractivity contribution in [2.24, 2.45) is 0 Å². The standard InChI is InChI=1S/C20H24N2O6S/c1-4-27-20(24)28-17-8-6-16(7-9-17)19(23)21-11-12-22-29(25,26)18-10-5-14(2)13-15(18)3/h5-10,13,22H,4,11-12H2,1-3H3,(H,21,23). The first-order valence-electron chi connectivity index (χ1n) is 9.02. The van der Waals surface area contributed by atoms with Crippen LogP contribution in [0.25, 0.3) is 0 Å². The van der Waals surface area contributed by atoms with Crippen molar-refractivity contribution < 1.29 is 27.5 Å². The van der Waals surface area contributed by atoms with E-state index in [1.54, 1.807) is 32.0 Å². The molecule has 0 bridgehead atoms. The smallest absolute Gasteiger partial charge is 0.434 e. The van der Waals surface area contributed by atoms with Gasteiger partial charge in [0, 0.05) is 18.7 Å². The lowest BCUT2D eigenvalue weighted by molar-refractivity contribution is 0.0954. The average molecular weight is 420 g/mol. The maximum atomic E-state index is 12.4. The first kappa shape index (κ1) is 22.4. The number of carbonyl (C=O) groups is 2. The van der Waals surface area contributed by atoms with E-state index in [4.69, 9.17) is 4.74 Å². The Bertz CT molecular complexity index is 971. The van der Waals surface area contributed by atoms with E-state index in [0.717, 1.165) is 5.56 Å². The van der Waals surface area contributed by atoms with Gasteiger partial charge in [0.15, 0.2) is 0 Å². The van der Waals surface area contributed by atoms with Gasteiger partial charge in [-0.25, -0.2) is 17.9 Å². The minimum Gasteiger partial charge on any atom is -0.434 e. The van der Waals surface area contributed by atoms with Gasteiger partial charge >= 0.3 is 6.16 Å². The summed E-state index contributed by atoms with van der Waals surface area (Å²) < 4.78 is 36.8. The highest BCUT2D eigenvalue weighted by Crippen LogP contribution is 2.16. The summed E-state index contributed by atoms with van der Waals surface area (Å²) in [5.74, 6) is -0.125. The van der Waals surface area contributed by atoms with Crippen molar-refractivity contribution in [3.63, 3.8) is 0 Å². The Labute approximate surface area is 170 Å². The predicted octanol–water partition coefficient (Wildman–Crippen LogP) is 2.55. The van der Waals surface area contributed by atoms with Crippen LogP contribution in [0.2, 0.25) is 0 Å². The summed E-state index contributed by atoms with van der Waals surface area (Å²) in [6.45, 7) is 5.65. The number of amides is 1. The second-order valence-corrected chi connectivity index (χ2v) is 7.97. The van der Waals surface area contributed by atoms with Gasteiger partial charge in [-0.05, 0) is 56.7 Å². The number of benzene rings is 2. The maximum absolute atomic E-state index is 12.4. The summed E-state index contributed by atoms with van der Waals surface area (Å²) in [4.78, 5) is 23.6. The molecular formula is C20H24N2O6S. The van der Waals surface area contributed by atoms with Crippen molar-refractivity contribution in [1.82, 2.24) is 10.0 Å². The lowest BCUT2D eigenvalue weighted by Crippen LogP contribution is -2.34. The van der Waals surface area contributed by atoms with Gasteiger partial charge in [-0.1, -0.05) is 17.7 Å². The summed E-state index contributed by atoms with van der Waals surface area (Å²) in [5, 5.41) is 2.63. The Morgan fingerprint density at radius 2 is 1.69 bits per heavy atom. The topological polar surface area (TPSA) is 111 Å². The maximum Gasteiger partial charge on any atom is 0.513 e. The van der Waals surface area contributed by atoms with Gasteiger partial charge in [0.25, 0.3) is 5.91 Å². The Balaban J connectivity index is 1.84. The van der Waals surface area contributed by atoms with E-state index in [2.05, 4.69) is 14.8 Å². The number of nitrogens with one attached hydrogen (secondary N) is 2. The van der Waals surface area contributed by atoms with Crippen LogP contribution in [0.4, 0.5) is 4.79 Å². The van der Waals surface area contributed by atoms with Gasteiger partial charge in [-0.15, -0.1) is 0 Å². The van der Waals surface area contributed by atoms with Crippen molar-refractivity contribution in [3.05, 3.63) is 59.2 Å². The van der Waals surface area contributed by atoms with Crippen LogP contribution in [0, 0.1) is 13.8 Å². The van der Waals surface area contributed by atoms with E-state index in [1.165, 1.54) is 24.3 Å². The van der Waals surface area contributed by atoms with Crippen LogP contribution in [-0.4, -0.2) is 40.2 Å². The molecule has 0 fully saturated rings. The lowest BCUT2D eigenvalue weighted by Gasteiger charge is -2.11. The number of hydrogen-bond donors (Lipinski definition) is 2. The van der Waals surface area contributed by atoms with Crippen molar-refractivity contribution in [2.75, 3.05) is 19.7 Å². The molecule has 0 spiro atoms. The molecular weight excluding hydrogens is 396 g/mol. The average Bonchev–Trinajstić information content (AvgIpc) is 2.65. The third kappa shape index (κ3) is 6.58. The van der Waals surface area contributed by atoms with Gasteiger partial charge in [0.05, 0.1) is 11.5 Å². The monoisotopic (exact) mass is 420 g/mol. The fourth-order valence-electron chi connectivity index (χ4n) is 2.56. The van der Waals surface area contributed by atoms with Crippen LogP contribution in [0.3, 0.4) is 0 Å². The summed E-state index contributed by atoms with van der Waals surface area (Å²) >= 11 is 0. The first-order chi connectivity index (χ1) is 13.7. The van der Waals surface area contributed by atoms with E-state index in [9.17, 15) is 18.0 Å². The molecule has 8 nitrogen and oxygen atoms in total. The molecule has 0 radical (unpaired) electrons. The van der Waals surface area contributed by atoms with Gasteiger partial charge < -0.3 is 14.8 Å². The Morgan fingerprint density at radius 1 is 1.00 bits per heavy atom. The lowest BCUT2D eigenvalue weighted by atomic mass is 10.2. The summed E-state index contributed by atoms with van der Waals surface area (Å²) in [6, 6.07) is 11.0. The molecule has 0 aliphatic carbocycles. The van der Waals surface area contributed by atoms with E-state index in [0.29, 0.717) is 11.1 Å². The second kappa shape index (κ2) is 10.0. The molecule has 1 amide bonds. The van der Waals surface area contributed by atoms with Crippen LogP contribution >= 0.6 is 0 Å². The number of ether oxygens (including phenoxy) is 2. The van der Waals surface area contributed by atoms with Gasteiger partial charge in [-0.2, -0.15) is 0 Å². The van der Waals surface area contributed by atoms with E-state index in [-0.39, 0.29) is 36.2 Å². The van der Waals surface area contributed by atoms with Crippen LogP contribution in [-0.2, 0) is 14.8 Å². The fourth-order valence-corrected chi connectivity index (χ4v) is 3.82. The number of carbonyl (C=O) groups excluding carboxylic acids is 2. The molecule has 156 valence electrons. The zero-order chi connectivity index (χ0) is 21.4. The third-order valence-corrected chi connectivity index (χ3v) is 5.52. The van der Waals surface area contributed by atoms with E-state index >= 15 is 0 Å². The SMILES string of the molecule is CCOC(=O)Oc1ccc(C(=O)NCCNS(=O)(=O)c2ccc(C)cc2C)cc1. The molecule has 0 saturated heterocycles. The van der Waals surface area contributed by atoms with E-state index in [1.807, 2.05) is 6.92 Å². The highest BCUT2D eigenvalue weighted by Gasteiger charge is 2.16. The van der Waals surface area contributed by atoms with E-state index < -0.39 is 16.2 Å². The summed E-state index contributed by atoms with van der Waals surface area (Å²) in [6.07, 6.45) is -0.819. The molecule has 2 N–H and O–H groups in total. The molecule has 2 rings (SSSR count). The molecule has 2 aromatic carbocycles. The molecule has 0 saturated carbocycles. The minimum absolute atomic E-state index is 0.0471. The largest absolute Gasteiger partial charge is 0.513 e. The zero-order valence-electron chi connectivity index (χ0n) is 16.5. The minimum atomic E-state index is -3.65. The van der Waals surface area contributed by atoms with Gasteiger partial charge in [0.2, 0.25) is 10.0 Å². The van der Waals surface area contributed by atoms with Crippen molar-refractivity contribution in [3.8, 4) is 5.75 Å². The predicted molar refractivity (Wildman–Crippen MR) is 108 cm³/mol. The van der Waals surface area contributed by atoms with Crippen LogP contribution < -0.4 is 14.8 Å². The molecule has 0 aromatic heterocycles. The Kier molecular flexibility index (Phi) is 7.74. The number of rotatable bonds is 8. The fraction of sp³-hybridized carbons (Fsp3) is 0.300. The normalized spacial score (nSPS) is 11.0. The van der Waals surface area contributed by atoms with Crippen LogP contribution in [0.15, 0.2) is 47.4 Å². The highest BCUT2D eigenvalue weighted by atomic mass is 32.2. The first-order valence-corrected chi connectivity index (χ1v) is 10.5. The third-order valence-electron chi connectivity index (χ3n) is 3.90. The summed E-state index contributed by atoms with van der Waals surface area (Å²) in [5.41, 5.74) is 1.98. The molecule has 0 aliphatic heterocycles. The molecule has 0 unspecified atom stereocenters. The number of hydrogen-bond acceptors (Lipinski definition) is 6. The van der Waals surface area contributed by atoms with Crippen molar-refractivity contribution in [1.29, 1.82) is 0 Å². The van der Waals surface area contributed by atoms with Crippen LogP contribution in [0.5, 0.6) is 5.75 Å². The second-order valence-electron chi connectivity index (χ2n) is 6.23. The van der Waals surface area contributed by atoms with Crippen LogP contribution in [0.1, 0.15) is 28.4 Å². The molecule has 29 heavy (non-hydrogen) atoms. The number of aryl methyl sites for hydroxylation is 2. The quantitative estimate of drug-likeness (QED) is 0.386. The highest BCUT2D eigenvalue weighted by molar-refractivity contribution is 7.89. The van der Waals surface area contributed by atoms with Gasteiger partial charge in [0.1, 0.15) is 5.75 Å². The summed E-state index contributed by atoms with van der Waals surface area (Å²) in [7, 11) is -3.65. The molecule has 0 atom stereocenters. The number of sulfonamides is 1. The van der Waals surface area contributed by atoms with Crippen molar-refractivity contribution in [2.45, 2.75) is 25.7 Å².